The lowest BCUT2D eigenvalue weighted by molar-refractivity contribution is -0.137. The molecule has 0 unspecified atom stereocenters. The van der Waals surface area contributed by atoms with Crippen molar-refractivity contribution >= 4 is 23.1 Å². The summed E-state index contributed by atoms with van der Waals surface area (Å²) < 4.78 is 45.6. The average Bonchev–Trinajstić information content (AvgIpc) is 3.44. The van der Waals surface area contributed by atoms with E-state index in [9.17, 15) is 13.2 Å². The molecule has 0 aliphatic heterocycles. The molecule has 5 nitrogen and oxygen atoms in total. The van der Waals surface area contributed by atoms with E-state index in [0.29, 0.717) is 22.9 Å². The zero-order valence-corrected chi connectivity index (χ0v) is 17.7. The molecule has 0 saturated carbocycles. The SMILES string of the molecule is CCn1c(SCc2csc(-c3ccc(C(F)(F)F)cc3)n2)nnc1-c1ccoc1C. The summed E-state index contributed by atoms with van der Waals surface area (Å²) in [5, 5.41) is 12.0. The predicted molar refractivity (Wildman–Crippen MR) is 110 cm³/mol. The van der Waals surface area contributed by atoms with Crippen LogP contribution in [0.1, 0.15) is 23.9 Å². The molecule has 30 heavy (non-hydrogen) atoms. The molecule has 0 aliphatic carbocycles. The number of alkyl halides is 3. The summed E-state index contributed by atoms with van der Waals surface area (Å²) in [6, 6.07) is 6.93. The van der Waals surface area contributed by atoms with Crippen LogP contribution in [-0.2, 0) is 18.5 Å². The van der Waals surface area contributed by atoms with Crippen LogP contribution < -0.4 is 0 Å². The molecule has 0 aliphatic rings. The zero-order valence-electron chi connectivity index (χ0n) is 16.1. The first-order chi connectivity index (χ1) is 14.4. The second-order valence-corrected chi connectivity index (χ2v) is 8.25. The van der Waals surface area contributed by atoms with E-state index in [2.05, 4.69) is 15.2 Å². The van der Waals surface area contributed by atoms with Crippen LogP contribution in [0, 0.1) is 6.92 Å². The Morgan fingerprint density at radius 3 is 2.53 bits per heavy atom. The third-order valence-corrected chi connectivity index (χ3v) is 6.43. The van der Waals surface area contributed by atoms with E-state index in [1.54, 1.807) is 6.26 Å². The minimum atomic E-state index is -4.34. The van der Waals surface area contributed by atoms with Crippen molar-refractivity contribution in [2.75, 3.05) is 0 Å². The van der Waals surface area contributed by atoms with Crippen LogP contribution in [0.15, 0.2) is 51.5 Å². The van der Waals surface area contributed by atoms with Crippen LogP contribution in [0.5, 0.6) is 0 Å². The van der Waals surface area contributed by atoms with Crippen molar-refractivity contribution in [2.24, 2.45) is 0 Å². The Labute approximate surface area is 179 Å². The Bertz CT molecular complexity index is 1150. The molecule has 0 spiro atoms. The van der Waals surface area contributed by atoms with Crippen molar-refractivity contribution in [3.8, 4) is 22.0 Å². The number of aromatic nitrogens is 4. The largest absolute Gasteiger partial charge is 0.469 e. The zero-order chi connectivity index (χ0) is 21.3. The van der Waals surface area contributed by atoms with Crippen molar-refractivity contribution in [3.05, 3.63) is 59.0 Å². The van der Waals surface area contributed by atoms with E-state index in [1.807, 2.05) is 29.9 Å². The summed E-state index contributed by atoms with van der Waals surface area (Å²) in [5.41, 5.74) is 1.75. The van der Waals surface area contributed by atoms with Gasteiger partial charge >= 0.3 is 6.18 Å². The maximum absolute atomic E-state index is 12.7. The summed E-state index contributed by atoms with van der Waals surface area (Å²) in [6.45, 7) is 4.62. The smallest absolute Gasteiger partial charge is 0.416 e. The van der Waals surface area contributed by atoms with Crippen LogP contribution in [0.4, 0.5) is 13.2 Å². The molecule has 3 heterocycles. The van der Waals surface area contributed by atoms with Gasteiger partial charge in [0.25, 0.3) is 0 Å². The molecule has 0 fully saturated rings. The van der Waals surface area contributed by atoms with Crippen molar-refractivity contribution in [2.45, 2.75) is 37.5 Å². The summed E-state index contributed by atoms with van der Waals surface area (Å²) in [7, 11) is 0. The lowest BCUT2D eigenvalue weighted by Crippen LogP contribution is -2.03. The van der Waals surface area contributed by atoms with Gasteiger partial charge in [-0.2, -0.15) is 13.2 Å². The lowest BCUT2D eigenvalue weighted by Gasteiger charge is -2.06. The Morgan fingerprint density at radius 2 is 1.90 bits per heavy atom. The average molecular weight is 451 g/mol. The number of halogens is 3. The second kappa shape index (κ2) is 8.27. The first-order valence-electron chi connectivity index (χ1n) is 9.09. The minimum Gasteiger partial charge on any atom is -0.469 e. The molecular weight excluding hydrogens is 433 g/mol. The van der Waals surface area contributed by atoms with Gasteiger partial charge in [0.2, 0.25) is 0 Å². The Balaban J connectivity index is 1.48. The number of benzene rings is 1. The first kappa shape index (κ1) is 20.7. The number of furan rings is 1. The van der Waals surface area contributed by atoms with E-state index in [-0.39, 0.29) is 0 Å². The van der Waals surface area contributed by atoms with Gasteiger partial charge in [-0.15, -0.1) is 21.5 Å². The molecule has 0 N–H and O–H groups in total. The Hall–Kier alpha value is -2.59. The van der Waals surface area contributed by atoms with E-state index in [4.69, 9.17) is 4.42 Å². The normalized spacial score (nSPS) is 11.9. The first-order valence-corrected chi connectivity index (χ1v) is 11.0. The highest BCUT2D eigenvalue weighted by Crippen LogP contribution is 2.33. The van der Waals surface area contributed by atoms with E-state index < -0.39 is 11.7 Å². The van der Waals surface area contributed by atoms with Gasteiger partial charge in [-0.05, 0) is 32.0 Å². The van der Waals surface area contributed by atoms with Gasteiger partial charge in [0.1, 0.15) is 10.8 Å². The second-order valence-electron chi connectivity index (χ2n) is 6.45. The molecule has 1 aromatic carbocycles. The van der Waals surface area contributed by atoms with Gasteiger partial charge in [-0.25, -0.2) is 4.98 Å². The number of rotatable bonds is 6. The summed E-state index contributed by atoms with van der Waals surface area (Å²) in [5.74, 6) is 2.13. The van der Waals surface area contributed by atoms with Crippen LogP contribution in [0.2, 0.25) is 0 Å². The van der Waals surface area contributed by atoms with Crippen molar-refractivity contribution in [3.63, 3.8) is 0 Å². The van der Waals surface area contributed by atoms with Crippen LogP contribution >= 0.6 is 23.1 Å². The maximum atomic E-state index is 12.7. The molecular formula is C20H17F3N4OS2. The predicted octanol–water partition coefficient (Wildman–Crippen LogP) is 6.30. The van der Waals surface area contributed by atoms with Crippen LogP contribution in [0.25, 0.3) is 22.0 Å². The van der Waals surface area contributed by atoms with Crippen molar-refractivity contribution in [1.29, 1.82) is 0 Å². The van der Waals surface area contributed by atoms with Crippen molar-refractivity contribution in [1.82, 2.24) is 19.7 Å². The molecule has 0 amide bonds. The molecule has 4 rings (SSSR count). The fraction of sp³-hybridized carbons (Fsp3) is 0.250. The highest BCUT2D eigenvalue weighted by atomic mass is 32.2. The molecule has 0 radical (unpaired) electrons. The van der Waals surface area contributed by atoms with Gasteiger partial charge in [-0.1, -0.05) is 23.9 Å². The number of nitrogens with zero attached hydrogens (tertiary/aromatic N) is 4. The quantitative estimate of drug-likeness (QED) is 0.323. The van der Waals surface area contributed by atoms with Gasteiger partial charge in [0, 0.05) is 23.2 Å². The summed E-state index contributed by atoms with van der Waals surface area (Å²) in [4.78, 5) is 4.56. The number of hydrogen-bond acceptors (Lipinski definition) is 6. The van der Waals surface area contributed by atoms with Gasteiger partial charge < -0.3 is 8.98 Å². The topological polar surface area (TPSA) is 56.7 Å². The molecule has 4 aromatic rings. The van der Waals surface area contributed by atoms with Crippen LogP contribution in [-0.4, -0.2) is 19.7 Å². The number of thioether (sulfide) groups is 1. The third-order valence-electron chi connectivity index (χ3n) is 4.49. The Morgan fingerprint density at radius 1 is 1.13 bits per heavy atom. The van der Waals surface area contributed by atoms with E-state index in [0.717, 1.165) is 40.1 Å². The molecule has 156 valence electrons. The highest BCUT2D eigenvalue weighted by Gasteiger charge is 2.30. The number of thiazole rings is 1. The van der Waals surface area contributed by atoms with Gasteiger partial charge in [-0.3, -0.25) is 0 Å². The number of hydrogen-bond donors (Lipinski definition) is 0. The molecule has 0 saturated heterocycles. The highest BCUT2D eigenvalue weighted by molar-refractivity contribution is 7.98. The summed E-state index contributed by atoms with van der Waals surface area (Å²) in [6.07, 6.45) is -2.71. The lowest BCUT2D eigenvalue weighted by atomic mass is 10.1. The fourth-order valence-electron chi connectivity index (χ4n) is 2.94. The fourth-order valence-corrected chi connectivity index (χ4v) is 4.77. The molecule has 0 atom stereocenters. The maximum Gasteiger partial charge on any atom is 0.416 e. The van der Waals surface area contributed by atoms with Gasteiger partial charge in [0.15, 0.2) is 11.0 Å². The van der Waals surface area contributed by atoms with E-state index >= 15 is 0 Å². The molecule has 0 bridgehead atoms. The molecule has 10 heteroatoms. The van der Waals surface area contributed by atoms with E-state index in [1.165, 1.54) is 35.2 Å². The summed E-state index contributed by atoms with van der Waals surface area (Å²) >= 11 is 2.92. The minimum absolute atomic E-state index is 0.583. The number of aryl methyl sites for hydroxylation is 1. The third kappa shape index (κ3) is 4.15. The van der Waals surface area contributed by atoms with Crippen molar-refractivity contribution < 1.29 is 17.6 Å². The monoisotopic (exact) mass is 450 g/mol. The van der Waals surface area contributed by atoms with Gasteiger partial charge in [0.05, 0.1) is 23.1 Å². The molecule has 3 aromatic heterocycles. The Kier molecular flexibility index (Phi) is 5.70. The standard InChI is InChI=1S/C20H17F3N4OS2/c1-3-27-17(16-8-9-28-12(16)2)25-26-19(27)30-11-15-10-29-18(24-15)13-4-6-14(7-5-13)20(21,22)23/h4-10H,3,11H2,1-2H3. The van der Waals surface area contributed by atoms with Crippen LogP contribution in [0.3, 0.4) is 0 Å².